The summed E-state index contributed by atoms with van der Waals surface area (Å²) in [5, 5.41) is 5.68. The Labute approximate surface area is 153 Å². The van der Waals surface area contributed by atoms with Gasteiger partial charge in [-0.3, -0.25) is 9.59 Å². The summed E-state index contributed by atoms with van der Waals surface area (Å²) >= 11 is 1.56. The van der Waals surface area contributed by atoms with E-state index in [1.165, 1.54) is 11.1 Å². The lowest BCUT2D eigenvalue weighted by Gasteiger charge is -2.11. The Morgan fingerprint density at radius 1 is 1.04 bits per heavy atom. The molecule has 2 aromatic carbocycles. The Balaban J connectivity index is 1.87. The van der Waals surface area contributed by atoms with Crippen molar-refractivity contribution in [2.75, 3.05) is 17.6 Å². The molecule has 0 unspecified atom stereocenters. The molecule has 0 fully saturated rings. The van der Waals surface area contributed by atoms with Crippen molar-refractivity contribution in [1.82, 2.24) is 5.32 Å². The van der Waals surface area contributed by atoms with Crippen LogP contribution in [0.5, 0.6) is 0 Å². The van der Waals surface area contributed by atoms with Gasteiger partial charge in [0, 0.05) is 12.3 Å². The third-order valence-corrected chi connectivity index (χ3v) is 4.61. The summed E-state index contributed by atoms with van der Waals surface area (Å²) in [6, 6.07) is 15.4. The number of carbonyl (C=O) groups excluding carboxylic acids is 2. The number of para-hydroxylation sites is 1. The molecular formula is C20H24N2O2S. The molecule has 0 saturated carbocycles. The van der Waals surface area contributed by atoms with E-state index >= 15 is 0 Å². The lowest BCUT2D eigenvalue weighted by Crippen LogP contribution is -2.26. The van der Waals surface area contributed by atoms with E-state index in [0.29, 0.717) is 23.5 Å². The van der Waals surface area contributed by atoms with Gasteiger partial charge in [-0.2, -0.15) is 0 Å². The highest BCUT2D eigenvalue weighted by atomic mass is 32.2. The highest BCUT2D eigenvalue weighted by molar-refractivity contribution is 7.99. The van der Waals surface area contributed by atoms with E-state index in [9.17, 15) is 9.59 Å². The van der Waals surface area contributed by atoms with Gasteiger partial charge < -0.3 is 10.6 Å². The van der Waals surface area contributed by atoms with Crippen molar-refractivity contribution in [3.8, 4) is 0 Å². The maximum atomic E-state index is 12.2. The molecule has 0 aromatic heterocycles. The van der Waals surface area contributed by atoms with Crippen LogP contribution in [0.25, 0.3) is 0 Å². The van der Waals surface area contributed by atoms with Crippen molar-refractivity contribution < 1.29 is 9.59 Å². The fourth-order valence-electron chi connectivity index (χ4n) is 2.26. The first-order valence-corrected chi connectivity index (χ1v) is 9.56. The summed E-state index contributed by atoms with van der Waals surface area (Å²) in [5.74, 6) is 0.864. The highest BCUT2D eigenvalue weighted by Gasteiger charge is 2.12. The number of hydrogen-bond acceptors (Lipinski definition) is 3. The number of benzene rings is 2. The number of carbonyl (C=O) groups is 2. The number of aryl methyl sites for hydroxylation is 1. The standard InChI is InChI=1S/C20H24N2O2S/c1-3-12-21-20(24)17-6-4-5-7-18(17)22-19(23)14-25-13-16-10-8-15(2)9-11-16/h4-11H,3,12-14H2,1-2H3,(H,21,24)(H,22,23). The Morgan fingerprint density at radius 3 is 2.48 bits per heavy atom. The van der Waals surface area contributed by atoms with E-state index in [0.717, 1.165) is 12.2 Å². The first-order chi connectivity index (χ1) is 12.1. The fraction of sp³-hybridized carbons (Fsp3) is 0.300. The Bertz CT molecular complexity index is 714. The molecular weight excluding hydrogens is 332 g/mol. The van der Waals surface area contributed by atoms with Crippen molar-refractivity contribution in [2.45, 2.75) is 26.0 Å². The van der Waals surface area contributed by atoms with E-state index in [1.807, 2.05) is 13.0 Å². The third kappa shape index (κ3) is 6.27. The Kier molecular flexibility index (Phi) is 7.54. The van der Waals surface area contributed by atoms with Gasteiger partial charge in [-0.15, -0.1) is 11.8 Å². The second-order valence-electron chi connectivity index (χ2n) is 5.83. The average Bonchev–Trinajstić information content (AvgIpc) is 2.62. The summed E-state index contributed by atoms with van der Waals surface area (Å²) in [6.07, 6.45) is 0.871. The van der Waals surface area contributed by atoms with Gasteiger partial charge in [-0.1, -0.05) is 48.9 Å². The maximum Gasteiger partial charge on any atom is 0.253 e. The van der Waals surface area contributed by atoms with Crippen LogP contribution in [0.1, 0.15) is 34.8 Å². The first-order valence-electron chi connectivity index (χ1n) is 8.40. The molecule has 25 heavy (non-hydrogen) atoms. The van der Waals surface area contributed by atoms with Gasteiger partial charge in [0.15, 0.2) is 0 Å². The first kappa shape index (κ1) is 19.1. The summed E-state index contributed by atoms with van der Waals surface area (Å²) < 4.78 is 0. The lowest BCUT2D eigenvalue weighted by molar-refractivity contribution is -0.113. The molecule has 0 aliphatic rings. The second kappa shape index (κ2) is 9.89. The van der Waals surface area contributed by atoms with Gasteiger partial charge >= 0.3 is 0 Å². The Morgan fingerprint density at radius 2 is 1.76 bits per heavy atom. The number of thioether (sulfide) groups is 1. The zero-order chi connectivity index (χ0) is 18.1. The van der Waals surface area contributed by atoms with Crippen LogP contribution in [0.3, 0.4) is 0 Å². The van der Waals surface area contributed by atoms with Crippen LogP contribution >= 0.6 is 11.8 Å². The van der Waals surface area contributed by atoms with E-state index in [-0.39, 0.29) is 11.8 Å². The van der Waals surface area contributed by atoms with Crippen LogP contribution in [0.4, 0.5) is 5.69 Å². The minimum Gasteiger partial charge on any atom is -0.352 e. The number of nitrogens with one attached hydrogen (secondary N) is 2. The van der Waals surface area contributed by atoms with Crippen LogP contribution in [0.15, 0.2) is 48.5 Å². The quantitative estimate of drug-likeness (QED) is 0.751. The van der Waals surface area contributed by atoms with E-state index in [4.69, 9.17) is 0 Å². The number of amides is 2. The van der Waals surface area contributed by atoms with Gasteiger partial charge in [0.2, 0.25) is 5.91 Å². The molecule has 0 spiro atoms. The molecule has 0 atom stereocenters. The summed E-state index contributed by atoms with van der Waals surface area (Å²) in [7, 11) is 0. The van der Waals surface area contributed by atoms with Gasteiger partial charge in [-0.05, 0) is 31.0 Å². The van der Waals surface area contributed by atoms with E-state index in [2.05, 4.69) is 41.8 Å². The predicted octanol–water partition coefficient (Wildman–Crippen LogP) is 4.01. The predicted molar refractivity (Wildman–Crippen MR) is 105 cm³/mol. The molecule has 2 rings (SSSR count). The largest absolute Gasteiger partial charge is 0.352 e. The van der Waals surface area contributed by atoms with E-state index < -0.39 is 0 Å². The van der Waals surface area contributed by atoms with Crippen LogP contribution < -0.4 is 10.6 Å². The smallest absolute Gasteiger partial charge is 0.253 e. The molecule has 0 radical (unpaired) electrons. The SMILES string of the molecule is CCCNC(=O)c1ccccc1NC(=O)CSCc1ccc(C)cc1. The molecule has 132 valence electrons. The van der Waals surface area contributed by atoms with Crippen LogP contribution in [-0.2, 0) is 10.5 Å². The molecule has 0 aliphatic heterocycles. The lowest BCUT2D eigenvalue weighted by atomic mass is 10.1. The van der Waals surface area contributed by atoms with Crippen LogP contribution in [-0.4, -0.2) is 24.1 Å². The van der Waals surface area contributed by atoms with Gasteiger partial charge in [0.05, 0.1) is 17.0 Å². The highest BCUT2D eigenvalue weighted by Crippen LogP contribution is 2.17. The van der Waals surface area contributed by atoms with Crippen molar-refractivity contribution >= 4 is 29.3 Å². The van der Waals surface area contributed by atoms with Crippen molar-refractivity contribution in [2.24, 2.45) is 0 Å². The number of hydrogen-bond donors (Lipinski definition) is 2. The third-order valence-electron chi connectivity index (χ3n) is 3.60. The van der Waals surface area contributed by atoms with Crippen molar-refractivity contribution in [3.05, 3.63) is 65.2 Å². The fourth-order valence-corrected chi connectivity index (χ4v) is 3.04. The molecule has 4 nitrogen and oxygen atoms in total. The molecule has 2 N–H and O–H groups in total. The molecule has 5 heteroatoms. The van der Waals surface area contributed by atoms with Crippen LogP contribution in [0.2, 0.25) is 0 Å². The van der Waals surface area contributed by atoms with Crippen molar-refractivity contribution in [3.63, 3.8) is 0 Å². The van der Waals surface area contributed by atoms with E-state index in [1.54, 1.807) is 30.0 Å². The molecule has 0 bridgehead atoms. The monoisotopic (exact) mass is 356 g/mol. The molecule has 2 aromatic rings. The maximum absolute atomic E-state index is 12.2. The second-order valence-corrected chi connectivity index (χ2v) is 6.81. The average molecular weight is 356 g/mol. The summed E-state index contributed by atoms with van der Waals surface area (Å²) in [6.45, 7) is 4.67. The molecule has 2 amide bonds. The molecule has 0 heterocycles. The summed E-state index contributed by atoms with van der Waals surface area (Å²) in [5.41, 5.74) is 3.47. The molecule has 0 saturated heterocycles. The Hall–Kier alpha value is -2.27. The topological polar surface area (TPSA) is 58.2 Å². The minimum atomic E-state index is -0.162. The zero-order valence-electron chi connectivity index (χ0n) is 14.7. The molecule has 0 aliphatic carbocycles. The minimum absolute atomic E-state index is 0.104. The van der Waals surface area contributed by atoms with Gasteiger partial charge in [0.1, 0.15) is 0 Å². The number of rotatable bonds is 8. The van der Waals surface area contributed by atoms with Gasteiger partial charge in [0.25, 0.3) is 5.91 Å². The zero-order valence-corrected chi connectivity index (χ0v) is 15.5. The van der Waals surface area contributed by atoms with Gasteiger partial charge in [-0.25, -0.2) is 0 Å². The normalized spacial score (nSPS) is 10.3. The number of anilines is 1. The summed E-state index contributed by atoms with van der Waals surface area (Å²) in [4.78, 5) is 24.3. The van der Waals surface area contributed by atoms with Crippen molar-refractivity contribution in [1.29, 1.82) is 0 Å². The van der Waals surface area contributed by atoms with Crippen LogP contribution in [0, 0.1) is 6.92 Å².